The molecular weight excluding hydrogens is 210 g/mol. The van der Waals surface area contributed by atoms with Crippen molar-refractivity contribution in [2.45, 2.75) is 32.6 Å². The molecule has 0 unspecified atom stereocenters. The van der Waals surface area contributed by atoms with Crippen molar-refractivity contribution in [1.29, 1.82) is 0 Å². The summed E-state index contributed by atoms with van der Waals surface area (Å²) in [4.78, 5) is 4.95. The van der Waals surface area contributed by atoms with E-state index < -0.39 is 0 Å². The molecule has 0 bridgehead atoms. The van der Waals surface area contributed by atoms with Gasteiger partial charge in [-0.1, -0.05) is 41.1 Å². The molecule has 0 radical (unpaired) electrons. The number of benzene rings is 1. The number of nitrogens with zero attached hydrogens (tertiary/aromatic N) is 1. The van der Waals surface area contributed by atoms with Crippen molar-refractivity contribution in [2.75, 3.05) is 7.11 Å². The van der Waals surface area contributed by atoms with Crippen molar-refractivity contribution in [3.8, 4) is 0 Å². The fourth-order valence-electron chi connectivity index (χ4n) is 2.33. The molecule has 0 N–H and O–H groups in total. The average Bonchev–Trinajstić information content (AvgIpc) is 2.35. The Morgan fingerprint density at radius 3 is 2.65 bits per heavy atom. The Bertz CT molecular complexity index is 431. The molecule has 17 heavy (non-hydrogen) atoms. The number of hydrogen-bond donors (Lipinski definition) is 0. The maximum Gasteiger partial charge on any atom is 0.106 e. The summed E-state index contributed by atoms with van der Waals surface area (Å²) in [5.74, 6) is 0. The maximum atomic E-state index is 4.95. The van der Waals surface area contributed by atoms with Crippen LogP contribution in [0, 0.1) is 0 Å². The zero-order valence-corrected chi connectivity index (χ0v) is 10.6. The minimum Gasteiger partial charge on any atom is -0.399 e. The molecule has 0 atom stereocenters. The van der Waals surface area contributed by atoms with E-state index in [2.05, 4.69) is 42.4 Å². The number of hydrogen-bond acceptors (Lipinski definition) is 2. The second-order valence-electron chi connectivity index (χ2n) is 4.50. The molecule has 90 valence electrons. The molecular formula is C15H19NO. The highest BCUT2D eigenvalue weighted by atomic mass is 16.6. The van der Waals surface area contributed by atoms with Crippen LogP contribution in [0.3, 0.4) is 0 Å². The molecule has 0 saturated heterocycles. The summed E-state index contributed by atoms with van der Waals surface area (Å²) in [6.45, 7) is 2.21. The van der Waals surface area contributed by atoms with Gasteiger partial charge in [0.2, 0.25) is 0 Å². The van der Waals surface area contributed by atoms with E-state index >= 15 is 0 Å². The smallest absolute Gasteiger partial charge is 0.106 e. The molecule has 0 fully saturated rings. The van der Waals surface area contributed by atoms with E-state index in [0.29, 0.717) is 0 Å². The Hall–Kier alpha value is -1.57. The van der Waals surface area contributed by atoms with E-state index in [9.17, 15) is 0 Å². The molecule has 2 heteroatoms. The number of oxime groups is 1. The zero-order valence-electron chi connectivity index (χ0n) is 10.6. The van der Waals surface area contributed by atoms with Gasteiger partial charge in [0.1, 0.15) is 7.11 Å². The van der Waals surface area contributed by atoms with Crippen molar-refractivity contribution in [3.63, 3.8) is 0 Å². The summed E-state index contributed by atoms with van der Waals surface area (Å²) in [5.41, 5.74) is 5.29. The highest BCUT2D eigenvalue weighted by Crippen LogP contribution is 2.25. The Kier molecular flexibility index (Phi) is 3.97. The van der Waals surface area contributed by atoms with Crippen molar-refractivity contribution < 1.29 is 4.84 Å². The van der Waals surface area contributed by atoms with Gasteiger partial charge in [-0.15, -0.1) is 0 Å². The molecule has 0 spiro atoms. The van der Waals surface area contributed by atoms with E-state index in [-0.39, 0.29) is 0 Å². The van der Waals surface area contributed by atoms with Gasteiger partial charge in [-0.05, 0) is 43.7 Å². The van der Waals surface area contributed by atoms with Gasteiger partial charge in [0.15, 0.2) is 0 Å². The van der Waals surface area contributed by atoms with Gasteiger partial charge in [-0.3, -0.25) is 0 Å². The predicted molar refractivity (Wildman–Crippen MR) is 71.1 cm³/mol. The van der Waals surface area contributed by atoms with Crippen molar-refractivity contribution in [2.24, 2.45) is 5.16 Å². The van der Waals surface area contributed by atoms with Crippen LogP contribution in [0.1, 0.15) is 31.7 Å². The largest absolute Gasteiger partial charge is 0.399 e. The molecule has 1 aliphatic carbocycles. The lowest BCUT2D eigenvalue weighted by Gasteiger charge is -2.19. The standard InChI is InChI=1S/C15H19NO/c1-12-7-6-10-15(16-17-2)14(12)11-13-8-4-3-5-9-13/h3-5,8-9H,6-7,10-11H2,1-2H3/b16-15+. The maximum absolute atomic E-state index is 4.95. The van der Waals surface area contributed by atoms with E-state index in [1.54, 1.807) is 7.11 Å². The molecule has 2 nitrogen and oxygen atoms in total. The van der Waals surface area contributed by atoms with Crippen LogP contribution in [0.25, 0.3) is 0 Å². The molecule has 0 aromatic heterocycles. The third kappa shape index (κ3) is 2.96. The minimum atomic E-state index is 0.967. The van der Waals surface area contributed by atoms with Gasteiger partial charge in [0.05, 0.1) is 5.71 Å². The lowest BCUT2D eigenvalue weighted by atomic mass is 9.87. The van der Waals surface area contributed by atoms with Gasteiger partial charge in [-0.2, -0.15) is 0 Å². The molecule has 1 aliphatic rings. The van der Waals surface area contributed by atoms with Gasteiger partial charge in [0, 0.05) is 0 Å². The van der Waals surface area contributed by atoms with Crippen molar-refractivity contribution >= 4 is 5.71 Å². The Morgan fingerprint density at radius 2 is 1.94 bits per heavy atom. The highest BCUT2D eigenvalue weighted by molar-refractivity contribution is 6.01. The molecule has 1 aromatic rings. The molecule has 1 aromatic carbocycles. The summed E-state index contributed by atoms with van der Waals surface area (Å²) in [6.07, 6.45) is 4.37. The third-order valence-electron chi connectivity index (χ3n) is 3.25. The third-order valence-corrected chi connectivity index (χ3v) is 3.25. The summed E-state index contributed by atoms with van der Waals surface area (Å²) < 4.78 is 0. The first-order chi connectivity index (χ1) is 8.31. The average molecular weight is 229 g/mol. The second kappa shape index (κ2) is 5.67. The van der Waals surface area contributed by atoms with Gasteiger partial charge in [0.25, 0.3) is 0 Å². The first-order valence-electron chi connectivity index (χ1n) is 6.14. The highest BCUT2D eigenvalue weighted by Gasteiger charge is 2.17. The Labute approximate surface area is 103 Å². The monoisotopic (exact) mass is 229 g/mol. The van der Waals surface area contributed by atoms with Crippen molar-refractivity contribution in [1.82, 2.24) is 0 Å². The Morgan fingerprint density at radius 1 is 1.18 bits per heavy atom. The van der Waals surface area contributed by atoms with Crippen LogP contribution in [-0.2, 0) is 11.3 Å². The van der Waals surface area contributed by atoms with Crippen LogP contribution in [-0.4, -0.2) is 12.8 Å². The quantitative estimate of drug-likeness (QED) is 0.724. The summed E-state index contributed by atoms with van der Waals surface area (Å²) in [6, 6.07) is 10.6. The first-order valence-corrected chi connectivity index (χ1v) is 6.14. The zero-order chi connectivity index (χ0) is 12.1. The second-order valence-corrected chi connectivity index (χ2v) is 4.50. The summed E-state index contributed by atoms with van der Waals surface area (Å²) >= 11 is 0. The first kappa shape index (κ1) is 11.9. The topological polar surface area (TPSA) is 21.6 Å². The normalized spacial score (nSPS) is 18.6. The molecule has 0 saturated carbocycles. The number of rotatable bonds is 3. The van der Waals surface area contributed by atoms with Gasteiger partial charge < -0.3 is 4.84 Å². The van der Waals surface area contributed by atoms with Crippen LogP contribution >= 0.6 is 0 Å². The summed E-state index contributed by atoms with van der Waals surface area (Å²) in [5, 5.41) is 4.17. The van der Waals surface area contributed by atoms with Crippen LogP contribution in [0.15, 0.2) is 46.6 Å². The predicted octanol–water partition coefficient (Wildman–Crippen LogP) is 3.73. The van der Waals surface area contributed by atoms with Crippen LogP contribution < -0.4 is 0 Å². The molecule has 0 amide bonds. The molecule has 0 heterocycles. The van der Waals surface area contributed by atoms with Crippen molar-refractivity contribution in [3.05, 3.63) is 47.0 Å². The van der Waals surface area contributed by atoms with E-state index in [1.807, 2.05) is 0 Å². The van der Waals surface area contributed by atoms with Crippen LogP contribution in [0.5, 0.6) is 0 Å². The Balaban J connectivity index is 2.24. The lowest BCUT2D eigenvalue weighted by molar-refractivity contribution is 0.212. The van der Waals surface area contributed by atoms with Gasteiger partial charge >= 0.3 is 0 Å². The fraction of sp³-hybridized carbons (Fsp3) is 0.400. The SMILES string of the molecule is CO/N=C1\CCCC(C)=C1Cc1ccccc1. The van der Waals surface area contributed by atoms with Gasteiger partial charge in [-0.25, -0.2) is 0 Å². The van der Waals surface area contributed by atoms with Crippen LogP contribution in [0.2, 0.25) is 0 Å². The summed E-state index contributed by atoms with van der Waals surface area (Å²) in [7, 11) is 1.62. The van der Waals surface area contributed by atoms with E-state index in [1.165, 1.54) is 29.6 Å². The number of allylic oxidation sites excluding steroid dienone is 2. The van der Waals surface area contributed by atoms with Crippen LogP contribution in [0.4, 0.5) is 0 Å². The molecule has 2 rings (SSSR count). The van der Waals surface area contributed by atoms with E-state index in [0.717, 1.165) is 18.6 Å². The van der Waals surface area contributed by atoms with E-state index in [4.69, 9.17) is 4.84 Å². The molecule has 0 aliphatic heterocycles. The fourth-order valence-corrected chi connectivity index (χ4v) is 2.33. The lowest BCUT2D eigenvalue weighted by Crippen LogP contribution is -2.13. The minimum absolute atomic E-state index is 0.967.